The number of aliphatic hydroxyl groups excluding tert-OH is 1. The maximum Gasteiger partial charge on any atom is 0.162 e. The van der Waals surface area contributed by atoms with Crippen LogP contribution >= 0.6 is 0 Å². The van der Waals surface area contributed by atoms with Crippen molar-refractivity contribution in [2.45, 2.75) is 38.9 Å². The van der Waals surface area contributed by atoms with Crippen LogP contribution in [-0.4, -0.2) is 36.6 Å². The lowest BCUT2D eigenvalue weighted by atomic mass is 10.2. The molecule has 0 aliphatic carbocycles. The highest BCUT2D eigenvalue weighted by Crippen LogP contribution is 2.29. The normalized spacial score (nSPS) is 10.1. The Morgan fingerprint density at radius 1 is 0.545 bits per heavy atom. The summed E-state index contributed by atoms with van der Waals surface area (Å²) in [5.41, 5.74) is 3.26. The van der Waals surface area contributed by atoms with Gasteiger partial charge in [-0.3, -0.25) is 0 Å². The van der Waals surface area contributed by atoms with Crippen molar-refractivity contribution in [2.24, 2.45) is 0 Å². The van der Waals surface area contributed by atoms with Crippen molar-refractivity contribution < 1.29 is 29.2 Å². The van der Waals surface area contributed by atoms with Gasteiger partial charge in [0, 0.05) is 25.3 Å². The summed E-state index contributed by atoms with van der Waals surface area (Å²) in [5.74, 6) is 1.59. The van der Waals surface area contributed by atoms with E-state index in [0.717, 1.165) is 18.4 Å². The standard InChI is InChI=1S/C25H25NO3.C11H13NO3/c26-18-23-13-14-24(29-20-22-11-5-2-6-12-22)25(17-23)28-16-8-7-15-27-19-21-9-3-1-4-10-21;12-8-9-3-4-10(14)11(7-9)15-6-2-1-5-13/h1-6,9-14,17H,7-8,15-16,19-20H2;3-4,7,13-14H,1-2,5-6H2. The summed E-state index contributed by atoms with van der Waals surface area (Å²) in [6, 6.07) is 33.9. The Morgan fingerprint density at radius 2 is 1.09 bits per heavy atom. The van der Waals surface area contributed by atoms with E-state index in [1.54, 1.807) is 18.2 Å². The molecule has 0 saturated carbocycles. The molecule has 2 N–H and O–H groups in total. The van der Waals surface area contributed by atoms with Gasteiger partial charge in [0.05, 0.1) is 43.1 Å². The molecule has 0 fully saturated rings. The Balaban J connectivity index is 0.000000297. The molecule has 0 radical (unpaired) electrons. The van der Waals surface area contributed by atoms with Gasteiger partial charge in [0.25, 0.3) is 0 Å². The number of aliphatic hydroxyl groups is 1. The van der Waals surface area contributed by atoms with Crippen LogP contribution in [0, 0.1) is 22.7 Å². The molecule has 0 bridgehead atoms. The van der Waals surface area contributed by atoms with E-state index in [9.17, 15) is 5.11 Å². The minimum atomic E-state index is 0.0259. The second kappa shape index (κ2) is 20.0. The molecule has 228 valence electrons. The number of rotatable bonds is 16. The zero-order chi connectivity index (χ0) is 31.2. The molecule has 4 rings (SSSR count). The Kier molecular flexibility index (Phi) is 15.2. The molecule has 0 aromatic heterocycles. The van der Waals surface area contributed by atoms with Gasteiger partial charge >= 0.3 is 0 Å². The summed E-state index contributed by atoms with van der Waals surface area (Å²) in [4.78, 5) is 0. The maximum atomic E-state index is 9.40. The molecule has 8 heteroatoms. The molecule has 0 saturated heterocycles. The number of nitrogens with zero attached hydrogens (tertiary/aromatic N) is 2. The van der Waals surface area contributed by atoms with E-state index in [-0.39, 0.29) is 12.4 Å². The van der Waals surface area contributed by atoms with Crippen LogP contribution in [0.1, 0.15) is 47.9 Å². The van der Waals surface area contributed by atoms with Crippen molar-refractivity contribution in [1.29, 1.82) is 10.5 Å². The molecule has 8 nitrogen and oxygen atoms in total. The monoisotopic (exact) mass is 594 g/mol. The molecule has 0 amide bonds. The number of unbranched alkanes of at least 4 members (excludes halogenated alkanes) is 2. The first-order valence-corrected chi connectivity index (χ1v) is 14.5. The average Bonchev–Trinajstić information content (AvgIpc) is 3.07. The lowest BCUT2D eigenvalue weighted by Crippen LogP contribution is -2.03. The maximum absolute atomic E-state index is 9.40. The Labute approximate surface area is 259 Å². The zero-order valence-corrected chi connectivity index (χ0v) is 24.7. The zero-order valence-electron chi connectivity index (χ0n) is 24.7. The van der Waals surface area contributed by atoms with Crippen molar-refractivity contribution in [3.05, 3.63) is 119 Å². The Hall–Kier alpha value is -5.02. The summed E-state index contributed by atoms with van der Waals surface area (Å²) < 4.78 is 22.8. The van der Waals surface area contributed by atoms with Gasteiger partial charge in [0.2, 0.25) is 0 Å². The molecule has 0 unspecified atom stereocenters. The van der Waals surface area contributed by atoms with E-state index in [2.05, 4.69) is 18.2 Å². The molecule has 44 heavy (non-hydrogen) atoms. The van der Waals surface area contributed by atoms with Gasteiger partial charge in [0.1, 0.15) is 6.61 Å². The van der Waals surface area contributed by atoms with E-state index < -0.39 is 0 Å². The molecule has 0 heterocycles. The van der Waals surface area contributed by atoms with Crippen LogP contribution in [0.15, 0.2) is 97.1 Å². The molecule has 0 spiro atoms. The second-order valence-corrected chi connectivity index (χ2v) is 9.71. The number of benzene rings is 4. The van der Waals surface area contributed by atoms with Gasteiger partial charge in [-0.1, -0.05) is 60.7 Å². The first-order chi connectivity index (χ1) is 21.6. The fourth-order valence-electron chi connectivity index (χ4n) is 3.89. The fourth-order valence-corrected chi connectivity index (χ4v) is 3.89. The van der Waals surface area contributed by atoms with E-state index >= 15 is 0 Å². The molecule has 0 aliphatic heterocycles. The highest BCUT2D eigenvalue weighted by molar-refractivity contribution is 5.47. The number of ether oxygens (including phenoxy) is 4. The largest absolute Gasteiger partial charge is 0.504 e. The first-order valence-electron chi connectivity index (χ1n) is 14.5. The van der Waals surface area contributed by atoms with Crippen molar-refractivity contribution in [1.82, 2.24) is 0 Å². The lowest BCUT2D eigenvalue weighted by molar-refractivity contribution is 0.113. The SMILES string of the molecule is N#Cc1ccc(O)c(OCCCCO)c1.N#Cc1ccc(OCc2ccccc2)c(OCCCCOCc2ccccc2)c1. The van der Waals surface area contributed by atoms with Crippen LogP contribution in [0.25, 0.3) is 0 Å². The Bertz CT molecular complexity index is 1470. The van der Waals surface area contributed by atoms with Gasteiger partial charge in [0.15, 0.2) is 23.0 Å². The molecule has 4 aromatic rings. The minimum Gasteiger partial charge on any atom is -0.504 e. The fraction of sp³-hybridized carbons (Fsp3) is 0.278. The van der Waals surface area contributed by atoms with Crippen LogP contribution in [-0.2, 0) is 18.0 Å². The van der Waals surface area contributed by atoms with Crippen LogP contribution in [0.4, 0.5) is 0 Å². The van der Waals surface area contributed by atoms with Gasteiger partial charge in [-0.05, 0) is 61.1 Å². The average molecular weight is 595 g/mol. The molecule has 0 aliphatic rings. The van der Waals surface area contributed by atoms with Crippen LogP contribution in [0.2, 0.25) is 0 Å². The molecular weight excluding hydrogens is 556 g/mol. The molecule has 0 atom stereocenters. The Morgan fingerprint density at radius 3 is 1.73 bits per heavy atom. The smallest absolute Gasteiger partial charge is 0.162 e. The number of hydrogen-bond donors (Lipinski definition) is 2. The first kappa shape index (κ1) is 33.5. The lowest BCUT2D eigenvalue weighted by Gasteiger charge is -2.13. The number of phenolic OH excluding ortho intramolecular Hbond substituents is 1. The number of phenols is 1. The van der Waals surface area contributed by atoms with Crippen molar-refractivity contribution in [3.63, 3.8) is 0 Å². The third-order valence-corrected chi connectivity index (χ3v) is 6.26. The van der Waals surface area contributed by atoms with E-state index in [4.69, 9.17) is 34.6 Å². The topological polar surface area (TPSA) is 125 Å². The summed E-state index contributed by atoms with van der Waals surface area (Å²) in [5, 5.41) is 35.8. The van der Waals surface area contributed by atoms with Crippen LogP contribution in [0.5, 0.6) is 23.0 Å². The van der Waals surface area contributed by atoms with E-state index in [0.29, 0.717) is 74.3 Å². The summed E-state index contributed by atoms with van der Waals surface area (Å²) in [6.07, 6.45) is 3.15. The van der Waals surface area contributed by atoms with Crippen LogP contribution < -0.4 is 14.2 Å². The van der Waals surface area contributed by atoms with Gasteiger partial charge in [-0.15, -0.1) is 0 Å². The van der Waals surface area contributed by atoms with Crippen molar-refractivity contribution in [2.75, 3.05) is 26.4 Å². The summed E-state index contributed by atoms with van der Waals surface area (Å²) >= 11 is 0. The summed E-state index contributed by atoms with van der Waals surface area (Å²) in [6.45, 7) is 2.87. The number of nitriles is 2. The molecular formula is C36H38N2O6. The highest BCUT2D eigenvalue weighted by atomic mass is 16.5. The number of hydrogen-bond acceptors (Lipinski definition) is 8. The predicted octanol–water partition coefficient (Wildman–Crippen LogP) is 6.93. The minimum absolute atomic E-state index is 0.0259. The van der Waals surface area contributed by atoms with Crippen LogP contribution in [0.3, 0.4) is 0 Å². The third kappa shape index (κ3) is 12.5. The van der Waals surface area contributed by atoms with E-state index in [1.807, 2.05) is 54.6 Å². The van der Waals surface area contributed by atoms with Gasteiger partial charge < -0.3 is 29.2 Å². The van der Waals surface area contributed by atoms with Gasteiger partial charge in [-0.25, -0.2) is 0 Å². The highest BCUT2D eigenvalue weighted by Gasteiger charge is 2.08. The quantitative estimate of drug-likeness (QED) is 0.134. The molecule has 4 aromatic carbocycles. The third-order valence-electron chi connectivity index (χ3n) is 6.26. The van der Waals surface area contributed by atoms with Crippen molar-refractivity contribution >= 4 is 0 Å². The predicted molar refractivity (Wildman–Crippen MR) is 167 cm³/mol. The second-order valence-electron chi connectivity index (χ2n) is 9.71. The van der Waals surface area contributed by atoms with E-state index in [1.165, 1.54) is 23.8 Å². The van der Waals surface area contributed by atoms with Gasteiger partial charge in [-0.2, -0.15) is 10.5 Å². The number of aromatic hydroxyl groups is 1. The van der Waals surface area contributed by atoms with Crippen molar-refractivity contribution in [3.8, 4) is 35.1 Å². The summed E-state index contributed by atoms with van der Waals surface area (Å²) in [7, 11) is 0.